The van der Waals surface area contributed by atoms with Gasteiger partial charge in [0.25, 0.3) is 5.56 Å². The normalized spacial score (nSPS) is 10.8. The number of hydrogen-bond acceptors (Lipinski definition) is 5. The Bertz CT molecular complexity index is 823. The zero-order chi connectivity index (χ0) is 18.2. The fraction of sp³-hybridized carbons (Fsp3) is 0.353. The van der Waals surface area contributed by atoms with Crippen molar-refractivity contribution in [3.05, 3.63) is 46.2 Å². The highest BCUT2D eigenvalue weighted by Crippen LogP contribution is 2.20. The third kappa shape index (κ3) is 5.32. The molecule has 0 fully saturated rings. The summed E-state index contributed by atoms with van der Waals surface area (Å²) in [6, 6.07) is 4.96. The smallest absolute Gasteiger partial charge is 0.262 e. The highest BCUT2D eigenvalue weighted by molar-refractivity contribution is 7.99. The number of allylic oxidation sites excluding steroid dienone is 1. The van der Waals surface area contributed by atoms with Gasteiger partial charge in [0, 0.05) is 31.8 Å². The average molecular weight is 382 g/mol. The Morgan fingerprint density at radius 2 is 2.32 bits per heavy atom. The van der Waals surface area contributed by atoms with Crippen LogP contribution < -0.4 is 10.9 Å². The minimum atomic E-state index is -0.176. The summed E-state index contributed by atoms with van der Waals surface area (Å²) < 4.78 is 6.44. The molecule has 1 heterocycles. The van der Waals surface area contributed by atoms with Crippen LogP contribution in [0.1, 0.15) is 6.42 Å². The second-order valence-corrected chi connectivity index (χ2v) is 6.62. The van der Waals surface area contributed by atoms with E-state index in [1.54, 1.807) is 31.4 Å². The first-order valence-corrected chi connectivity index (χ1v) is 9.12. The van der Waals surface area contributed by atoms with Crippen molar-refractivity contribution in [2.75, 3.05) is 26.0 Å². The Kier molecular flexibility index (Phi) is 7.49. The van der Waals surface area contributed by atoms with E-state index in [1.165, 1.54) is 16.3 Å². The number of fused-ring (bicyclic) bond motifs is 1. The molecule has 8 heteroatoms. The molecular formula is C17H20ClN3O3S. The van der Waals surface area contributed by atoms with Crippen molar-refractivity contribution in [2.24, 2.45) is 0 Å². The van der Waals surface area contributed by atoms with Gasteiger partial charge in [0.2, 0.25) is 5.91 Å². The third-order valence-electron chi connectivity index (χ3n) is 3.37. The maximum Gasteiger partial charge on any atom is 0.262 e. The van der Waals surface area contributed by atoms with Gasteiger partial charge >= 0.3 is 0 Å². The zero-order valence-corrected chi connectivity index (χ0v) is 15.5. The van der Waals surface area contributed by atoms with E-state index in [2.05, 4.69) is 16.9 Å². The number of nitrogens with one attached hydrogen (secondary N) is 1. The number of thioether (sulfide) groups is 1. The van der Waals surface area contributed by atoms with Crippen molar-refractivity contribution in [3.8, 4) is 0 Å². The summed E-state index contributed by atoms with van der Waals surface area (Å²) in [4.78, 5) is 29.1. The molecule has 0 saturated carbocycles. The summed E-state index contributed by atoms with van der Waals surface area (Å²) in [6.45, 7) is 5.14. The van der Waals surface area contributed by atoms with E-state index < -0.39 is 0 Å². The molecule has 0 atom stereocenters. The van der Waals surface area contributed by atoms with Gasteiger partial charge in [-0.25, -0.2) is 4.98 Å². The Morgan fingerprint density at radius 3 is 3.04 bits per heavy atom. The van der Waals surface area contributed by atoms with E-state index in [9.17, 15) is 9.59 Å². The molecule has 2 aromatic rings. The molecule has 0 unspecified atom stereocenters. The van der Waals surface area contributed by atoms with Crippen LogP contribution in [-0.4, -0.2) is 41.5 Å². The van der Waals surface area contributed by atoms with Gasteiger partial charge in [0.1, 0.15) is 0 Å². The molecular weight excluding hydrogens is 362 g/mol. The van der Waals surface area contributed by atoms with Crippen LogP contribution >= 0.6 is 23.4 Å². The molecule has 25 heavy (non-hydrogen) atoms. The fourth-order valence-corrected chi connectivity index (χ4v) is 3.20. The largest absolute Gasteiger partial charge is 0.385 e. The van der Waals surface area contributed by atoms with Gasteiger partial charge in [-0.15, -0.1) is 6.58 Å². The average Bonchev–Trinajstić information content (AvgIpc) is 2.59. The molecule has 0 aliphatic carbocycles. The summed E-state index contributed by atoms with van der Waals surface area (Å²) in [5, 5.41) is 4.26. The number of nitrogens with zero attached hydrogens (tertiary/aromatic N) is 2. The van der Waals surface area contributed by atoms with Crippen molar-refractivity contribution in [1.29, 1.82) is 0 Å². The molecule has 0 radical (unpaired) electrons. The maximum atomic E-state index is 12.6. The highest BCUT2D eigenvalue weighted by Gasteiger charge is 2.13. The van der Waals surface area contributed by atoms with Gasteiger partial charge in [-0.05, 0) is 24.6 Å². The van der Waals surface area contributed by atoms with Crippen LogP contribution in [0.2, 0.25) is 5.02 Å². The molecule has 2 rings (SSSR count). The second kappa shape index (κ2) is 9.60. The number of aromatic nitrogens is 2. The molecule has 1 aromatic carbocycles. The summed E-state index contributed by atoms with van der Waals surface area (Å²) in [5.74, 6) is 0.0505. The van der Waals surface area contributed by atoms with Gasteiger partial charge in [-0.2, -0.15) is 0 Å². The number of benzene rings is 1. The van der Waals surface area contributed by atoms with Crippen molar-refractivity contribution in [3.63, 3.8) is 0 Å². The predicted octanol–water partition coefficient (Wildman–Crippen LogP) is 2.48. The monoisotopic (exact) mass is 381 g/mol. The molecule has 0 aliphatic rings. The third-order valence-corrected chi connectivity index (χ3v) is 4.59. The molecule has 0 aliphatic heterocycles. The van der Waals surface area contributed by atoms with Crippen LogP contribution in [0, 0.1) is 0 Å². The summed E-state index contributed by atoms with van der Waals surface area (Å²) >= 11 is 7.20. The topological polar surface area (TPSA) is 73.2 Å². The Balaban J connectivity index is 2.18. The Hall–Kier alpha value is -1.83. The first-order valence-electron chi connectivity index (χ1n) is 7.76. The van der Waals surface area contributed by atoms with E-state index in [0.717, 1.165) is 6.42 Å². The molecule has 1 N–H and O–H groups in total. The van der Waals surface area contributed by atoms with Crippen LogP contribution in [-0.2, 0) is 16.1 Å². The number of rotatable bonds is 9. The Labute approximate surface area is 155 Å². The SMILES string of the molecule is C=CCn1c(SCC(=O)NCCCOC)nc2cc(Cl)ccc2c1=O. The van der Waals surface area contributed by atoms with E-state index in [4.69, 9.17) is 16.3 Å². The quantitative estimate of drug-likeness (QED) is 0.312. The molecule has 6 nitrogen and oxygen atoms in total. The van der Waals surface area contributed by atoms with Gasteiger partial charge in [-0.1, -0.05) is 29.4 Å². The maximum absolute atomic E-state index is 12.6. The van der Waals surface area contributed by atoms with Crippen LogP contribution in [0.25, 0.3) is 10.9 Å². The Morgan fingerprint density at radius 1 is 1.52 bits per heavy atom. The molecule has 0 saturated heterocycles. The predicted molar refractivity (Wildman–Crippen MR) is 101 cm³/mol. The van der Waals surface area contributed by atoms with Gasteiger partial charge < -0.3 is 10.1 Å². The molecule has 134 valence electrons. The van der Waals surface area contributed by atoms with Crippen molar-refractivity contribution < 1.29 is 9.53 Å². The van der Waals surface area contributed by atoms with Crippen molar-refractivity contribution in [2.45, 2.75) is 18.1 Å². The molecule has 0 spiro atoms. The number of carbonyl (C=O) groups excluding carboxylic acids is 1. The van der Waals surface area contributed by atoms with Crippen molar-refractivity contribution in [1.82, 2.24) is 14.9 Å². The van der Waals surface area contributed by atoms with E-state index in [0.29, 0.717) is 40.8 Å². The summed E-state index contributed by atoms with van der Waals surface area (Å²) in [6.07, 6.45) is 2.38. The number of ether oxygens (including phenoxy) is 1. The minimum absolute atomic E-state index is 0.119. The van der Waals surface area contributed by atoms with Gasteiger partial charge in [0.15, 0.2) is 5.16 Å². The number of amides is 1. The number of methoxy groups -OCH3 is 1. The number of carbonyl (C=O) groups is 1. The van der Waals surface area contributed by atoms with Crippen LogP contribution in [0.3, 0.4) is 0 Å². The fourth-order valence-electron chi connectivity index (χ4n) is 2.20. The lowest BCUT2D eigenvalue weighted by atomic mass is 10.2. The molecule has 1 aromatic heterocycles. The van der Waals surface area contributed by atoms with Crippen LogP contribution in [0.5, 0.6) is 0 Å². The standard InChI is InChI=1S/C17H20ClN3O3S/c1-3-8-21-16(23)13-6-5-12(18)10-14(13)20-17(21)25-11-15(22)19-7-4-9-24-2/h3,5-6,10H,1,4,7-9,11H2,2H3,(H,19,22). The number of halogens is 1. The highest BCUT2D eigenvalue weighted by atomic mass is 35.5. The zero-order valence-electron chi connectivity index (χ0n) is 14.0. The lowest BCUT2D eigenvalue weighted by Gasteiger charge is -2.11. The van der Waals surface area contributed by atoms with Crippen LogP contribution in [0.15, 0.2) is 40.8 Å². The van der Waals surface area contributed by atoms with Gasteiger partial charge in [-0.3, -0.25) is 14.2 Å². The molecule has 0 bridgehead atoms. The number of hydrogen-bond donors (Lipinski definition) is 1. The lowest BCUT2D eigenvalue weighted by molar-refractivity contribution is -0.118. The lowest BCUT2D eigenvalue weighted by Crippen LogP contribution is -2.28. The van der Waals surface area contributed by atoms with Crippen LogP contribution in [0.4, 0.5) is 0 Å². The summed E-state index contributed by atoms with van der Waals surface area (Å²) in [5.41, 5.74) is 0.338. The molecule has 1 amide bonds. The van der Waals surface area contributed by atoms with Crippen molar-refractivity contribution >= 4 is 40.2 Å². The van der Waals surface area contributed by atoms with E-state index >= 15 is 0 Å². The van der Waals surface area contributed by atoms with E-state index in [1.807, 2.05) is 0 Å². The van der Waals surface area contributed by atoms with Gasteiger partial charge in [0.05, 0.1) is 16.7 Å². The first-order chi connectivity index (χ1) is 12.1. The first kappa shape index (κ1) is 19.5. The second-order valence-electron chi connectivity index (χ2n) is 5.25. The minimum Gasteiger partial charge on any atom is -0.385 e. The summed E-state index contributed by atoms with van der Waals surface area (Å²) in [7, 11) is 1.62. The van der Waals surface area contributed by atoms with E-state index in [-0.39, 0.29) is 17.2 Å².